The standard InChI is InChI=1S/C15H23N3O2/c1-10(2)13-7-12(8-14(16)17-13)15(19)18-5-4-6-20-11(3)9-18/h7-8,10-11H,4-6,9H2,1-3H3,(H2,16,17). The molecular formula is C15H23N3O2. The fourth-order valence-electron chi connectivity index (χ4n) is 2.35. The molecule has 1 aliphatic rings. The third-order valence-electron chi connectivity index (χ3n) is 3.44. The van der Waals surface area contributed by atoms with E-state index in [1.54, 1.807) is 6.07 Å². The van der Waals surface area contributed by atoms with E-state index < -0.39 is 0 Å². The van der Waals surface area contributed by atoms with Crippen molar-refractivity contribution < 1.29 is 9.53 Å². The van der Waals surface area contributed by atoms with Crippen LogP contribution in [-0.4, -0.2) is 41.6 Å². The first-order valence-corrected chi connectivity index (χ1v) is 7.15. The maximum Gasteiger partial charge on any atom is 0.254 e. The number of pyridine rings is 1. The maximum atomic E-state index is 12.6. The van der Waals surface area contributed by atoms with Crippen LogP contribution >= 0.6 is 0 Å². The first kappa shape index (κ1) is 14.8. The van der Waals surface area contributed by atoms with Gasteiger partial charge in [-0.15, -0.1) is 0 Å². The fraction of sp³-hybridized carbons (Fsp3) is 0.600. The van der Waals surface area contributed by atoms with Crippen LogP contribution in [0.4, 0.5) is 5.82 Å². The smallest absolute Gasteiger partial charge is 0.254 e. The molecule has 0 aromatic carbocycles. The fourth-order valence-corrected chi connectivity index (χ4v) is 2.35. The predicted molar refractivity (Wildman–Crippen MR) is 78.7 cm³/mol. The number of aromatic nitrogens is 1. The minimum absolute atomic E-state index is 0.0124. The molecule has 1 aliphatic heterocycles. The van der Waals surface area contributed by atoms with Gasteiger partial charge in [-0.1, -0.05) is 13.8 Å². The summed E-state index contributed by atoms with van der Waals surface area (Å²) in [5.74, 6) is 0.661. The molecule has 2 rings (SSSR count). The number of ether oxygens (including phenoxy) is 1. The van der Waals surface area contributed by atoms with Gasteiger partial charge in [0.1, 0.15) is 5.82 Å². The van der Waals surface area contributed by atoms with Gasteiger partial charge in [-0.3, -0.25) is 4.79 Å². The Balaban J connectivity index is 2.23. The molecule has 0 aliphatic carbocycles. The summed E-state index contributed by atoms with van der Waals surface area (Å²) >= 11 is 0. The molecule has 0 bridgehead atoms. The quantitative estimate of drug-likeness (QED) is 0.898. The monoisotopic (exact) mass is 277 g/mol. The molecule has 1 atom stereocenters. The largest absolute Gasteiger partial charge is 0.384 e. The van der Waals surface area contributed by atoms with Gasteiger partial charge < -0.3 is 15.4 Å². The van der Waals surface area contributed by atoms with Crippen LogP contribution in [-0.2, 0) is 4.74 Å². The third-order valence-corrected chi connectivity index (χ3v) is 3.44. The Kier molecular flexibility index (Phi) is 4.60. The lowest BCUT2D eigenvalue weighted by atomic mass is 10.1. The Hall–Kier alpha value is -1.62. The molecule has 110 valence electrons. The Morgan fingerprint density at radius 3 is 2.95 bits per heavy atom. The van der Waals surface area contributed by atoms with Crippen molar-refractivity contribution in [1.82, 2.24) is 9.88 Å². The topological polar surface area (TPSA) is 68.5 Å². The average molecular weight is 277 g/mol. The first-order chi connectivity index (χ1) is 9.47. The van der Waals surface area contributed by atoms with Crippen molar-refractivity contribution in [3.8, 4) is 0 Å². The number of hydrogen-bond acceptors (Lipinski definition) is 4. The molecule has 1 aromatic heterocycles. The highest BCUT2D eigenvalue weighted by Crippen LogP contribution is 2.18. The van der Waals surface area contributed by atoms with Gasteiger partial charge in [0.2, 0.25) is 0 Å². The predicted octanol–water partition coefficient (Wildman–Crippen LogP) is 2.04. The first-order valence-electron chi connectivity index (χ1n) is 7.15. The van der Waals surface area contributed by atoms with Crippen LogP contribution in [0.3, 0.4) is 0 Å². The summed E-state index contributed by atoms with van der Waals surface area (Å²) in [6.45, 7) is 8.13. The number of nitrogens with two attached hydrogens (primary N) is 1. The Morgan fingerprint density at radius 2 is 2.25 bits per heavy atom. The van der Waals surface area contributed by atoms with E-state index in [-0.39, 0.29) is 17.9 Å². The molecule has 1 fully saturated rings. The normalized spacial score (nSPS) is 20.0. The summed E-state index contributed by atoms with van der Waals surface area (Å²) < 4.78 is 5.57. The zero-order valence-corrected chi connectivity index (χ0v) is 12.4. The van der Waals surface area contributed by atoms with Crippen molar-refractivity contribution in [2.75, 3.05) is 25.4 Å². The van der Waals surface area contributed by atoms with E-state index in [1.165, 1.54) is 0 Å². The van der Waals surface area contributed by atoms with Crippen LogP contribution in [0.5, 0.6) is 0 Å². The highest BCUT2D eigenvalue weighted by Gasteiger charge is 2.22. The summed E-state index contributed by atoms with van der Waals surface area (Å²) in [7, 11) is 0. The molecule has 5 heteroatoms. The second-order valence-corrected chi connectivity index (χ2v) is 5.65. The summed E-state index contributed by atoms with van der Waals surface area (Å²) in [6.07, 6.45) is 0.943. The number of anilines is 1. The minimum Gasteiger partial charge on any atom is -0.384 e. The van der Waals surface area contributed by atoms with Gasteiger partial charge >= 0.3 is 0 Å². The molecule has 1 aromatic rings. The van der Waals surface area contributed by atoms with Gasteiger partial charge in [0.25, 0.3) is 5.91 Å². The Morgan fingerprint density at radius 1 is 1.50 bits per heavy atom. The van der Waals surface area contributed by atoms with E-state index in [0.717, 1.165) is 18.7 Å². The van der Waals surface area contributed by atoms with Crippen molar-refractivity contribution in [1.29, 1.82) is 0 Å². The van der Waals surface area contributed by atoms with E-state index in [9.17, 15) is 4.79 Å². The van der Waals surface area contributed by atoms with Gasteiger partial charge in [-0.05, 0) is 31.4 Å². The van der Waals surface area contributed by atoms with E-state index in [2.05, 4.69) is 4.98 Å². The summed E-state index contributed by atoms with van der Waals surface area (Å²) in [4.78, 5) is 18.7. The van der Waals surface area contributed by atoms with Crippen molar-refractivity contribution in [3.05, 3.63) is 23.4 Å². The SMILES string of the molecule is CC1CN(C(=O)c2cc(N)nc(C(C)C)c2)CCCO1. The van der Waals surface area contributed by atoms with Crippen molar-refractivity contribution in [2.45, 2.75) is 39.2 Å². The summed E-state index contributed by atoms with van der Waals surface area (Å²) in [6, 6.07) is 3.50. The molecule has 1 saturated heterocycles. The zero-order chi connectivity index (χ0) is 14.7. The molecule has 0 radical (unpaired) electrons. The highest BCUT2D eigenvalue weighted by atomic mass is 16.5. The second-order valence-electron chi connectivity index (χ2n) is 5.65. The molecule has 1 amide bonds. The van der Waals surface area contributed by atoms with Gasteiger partial charge in [-0.25, -0.2) is 4.98 Å². The molecule has 20 heavy (non-hydrogen) atoms. The number of nitrogens with zero attached hydrogens (tertiary/aromatic N) is 2. The van der Waals surface area contributed by atoms with Crippen molar-refractivity contribution in [3.63, 3.8) is 0 Å². The van der Waals surface area contributed by atoms with Gasteiger partial charge in [0, 0.05) is 31.0 Å². The summed E-state index contributed by atoms with van der Waals surface area (Å²) in [5.41, 5.74) is 7.29. The molecule has 0 saturated carbocycles. The van der Waals surface area contributed by atoms with Gasteiger partial charge in [-0.2, -0.15) is 0 Å². The number of rotatable bonds is 2. The van der Waals surface area contributed by atoms with Crippen LogP contribution in [0.1, 0.15) is 49.2 Å². The van der Waals surface area contributed by atoms with E-state index >= 15 is 0 Å². The zero-order valence-electron chi connectivity index (χ0n) is 12.4. The molecule has 1 unspecified atom stereocenters. The molecule has 0 spiro atoms. The number of amides is 1. The van der Waals surface area contributed by atoms with Crippen molar-refractivity contribution in [2.24, 2.45) is 0 Å². The summed E-state index contributed by atoms with van der Waals surface area (Å²) in [5, 5.41) is 0. The van der Waals surface area contributed by atoms with Crippen LogP contribution in [0.25, 0.3) is 0 Å². The average Bonchev–Trinajstić information content (AvgIpc) is 2.61. The maximum absolute atomic E-state index is 12.6. The second kappa shape index (κ2) is 6.22. The van der Waals surface area contributed by atoms with E-state index in [1.807, 2.05) is 31.7 Å². The molecule has 2 heterocycles. The number of carbonyl (C=O) groups is 1. The molecule has 2 N–H and O–H groups in total. The van der Waals surface area contributed by atoms with Crippen LogP contribution in [0.15, 0.2) is 12.1 Å². The number of nitrogen functional groups attached to an aromatic ring is 1. The van der Waals surface area contributed by atoms with E-state index in [4.69, 9.17) is 10.5 Å². The minimum atomic E-state index is 0.0124. The highest BCUT2D eigenvalue weighted by molar-refractivity contribution is 5.95. The van der Waals surface area contributed by atoms with Crippen LogP contribution in [0.2, 0.25) is 0 Å². The van der Waals surface area contributed by atoms with Crippen LogP contribution < -0.4 is 5.73 Å². The lowest BCUT2D eigenvalue weighted by Crippen LogP contribution is -2.36. The lowest BCUT2D eigenvalue weighted by molar-refractivity contribution is 0.0562. The lowest BCUT2D eigenvalue weighted by Gasteiger charge is -2.22. The van der Waals surface area contributed by atoms with Gasteiger partial charge in [0.05, 0.1) is 6.10 Å². The number of carbonyl (C=O) groups excluding carboxylic acids is 1. The van der Waals surface area contributed by atoms with Crippen molar-refractivity contribution >= 4 is 11.7 Å². The third kappa shape index (κ3) is 3.48. The van der Waals surface area contributed by atoms with Crippen LogP contribution in [0, 0.1) is 0 Å². The molecular weight excluding hydrogens is 254 g/mol. The van der Waals surface area contributed by atoms with Gasteiger partial charge in [0.15, 0.2) is 0 Å². The Bertz CT molecular complexity index is 488. The molecule has 5 nitrogen and oxygen atoms in total. The van der Waals surface area contributed by atoms with E-state index in [0.29, 0.717) is 24.5 Å². The number of hydrogen-bond donors (Lipinski definition) is 1. The Labute approximate surface area is 120 Å².